The van der Waals surface area contributed by atoms with E-state index in [2.05, 4.69) is 37.9 Å². The summed E-state index contributed by atoms with van der Waals surface area (Å²) in [5.74, 6) is -1.01. The minimum atomic E-state index is -0.503. The summed E-state index contributed by atoms with van der Waals surface area (Å²) in [6.07, 6.45) is 2.03. The summed E-state index contributed by atoms with van der Waals surface area (Å²) in [5, 5.41) is 3.64. The lowest BCUT2D eigenvalue weighted by Crippen LogP contribution is -2.67. The van der Waals surface area contributed by atoms with Gasteiger partial charge in [0.05, 0.1) is 0 Å². The summed E-state index contributed by atoms with van der Waals surface area (Å²) >= 11 is 0. The first kappa shape index (κ1) is 16.4. The van der Waals surface area contributed by atoms with Gasteiger partial charge in [-0.1, -0.05) is 13.8 Å². The summed E-state index contributed by atoms with van der Waals surface area (Å²) in [5.41, 5.74) is 0.769. The minimum absolute atomic E-state index is 0.0114. The third-order valence-electron chi connectivity index (χ3n) is 5.04. The van der Waals surface area contributed by atoms with Crippen LogP contribution in [-0.4, -0.2) is 29.1 Å². The van der Waals surface area contributed by atoms with Gasteiger partial charge in [0.2, 0.25) is 0 Å². The summed E-state index contributed by atoms with van der Waals surface area (Å²) in [6, 6.07) is 3.80. The minimum Gasteiger partial charge on any atom is -0.308 e. The molecule has 0 saturated carbocycles. The molecule has 1 aliphatic rings. The quantitative estimate of drug-likeness (QED) is 0.911. The molecule has 1 aromatic carbocycles. The van der Waals surface area contributed by atoms with Crippen LogP contribution in [0, 0.1) is 11.6 Å². The molecule has 2 nitrogen and oxygen atoms in total. The molecule has 2 unspecified atom stereocenters. The number of halogens is 2. The van der Waals surface area contributed by atoms with Crippen LogP contribution in [0.4, 0.5) is 8.78 Å². The molecule has 0 spiro atoms. The predicted octanol–water partition coefficient (Wildman–Crippen LogP) is 3.71. The molecule has 2 rings (SSSR count). The Labute approximate surface area is 126 Å². The van der Waals surface area contributed by atoms with E-state index in [0.717, 1.165) is 32.0 Å². The average Bonchev–Trinajstić information content (AvgIpc) is 2.42. The molecular formula is C17H26F2N2. The zero-order valence-corrected chi connectivity index (χ0v) is 13.5. The molecule has 1 saturated heterocycles. The highest BCUT2D eigenvalue weighted by molar-refractivity contribution is 5.19. The Bertz CT molecular complexity index is 485. The number of hydrogen-bond acceptors (Lipinski definition) is 2. The van der Waals surface area contributed by atoms with E-state index in [1.54, 1.807) is 0 Å². The normalized spacial score (nSPS) is 30.6. The molecule has 0 radical (unpaired) electrons. The van der Waals surface area contributed by atoms with Gasteiger partial charge in [-0.3, -0.25) is 4.90 Å². The van der Waals surface area contributed by atoms with Gasteiger partial charge in [0.15, 0.2) is 0 Å². The Morgan fingerprint density at radius 2 is 1.71 bits per heavy atom. The van der Waals surface area contributed by atoms with Gasteiger partial charge in [0, 0.05) is 36.8 Å². The molecule has 1 heterocycles. The molecule has 1 fully saturated rings. The maximum Gasteiger partial charge on any atom is 0.126 e. The highest BCUT2D eigenvalue weighted by Crippen LogP contribution is 2.30. The van der Waals surface area contributed by atoms with Crippen molar-refractivity contribution in [3.63, 3.8) is 0 Å². The van der Waals surface area contributed by atoms with Crippen LogP contribution in [0.1, 0.15) is 46.1 Å². The standard InChI is InChI=1S/C17H26F2N2/c1-5-16(3)12-21(17(4,6-2)11-20-16)10-13-7-14(18)9-15(19)8-13/h7-9,20H,5-6,10-12H2,1-4H3. The first-order chi connectivity index (χ1) is 9.80. The first-order valence-corrected chi connectivity index (χ1v) is 7.75. The van der Waals surface area contributed by atoms with Crippen molar-refractivity contribution in [1.82, 2.24) is 10.2 Å². The Morgan fingerprint density at radius 1 is 1.10 bits per heavy atom. The number of rotatable bonds is 4. The second kappa shape index (κ2) is 6.01. The van der Waals surface area contributed by atoms with Crippen molar-refractivity contribution in [3.05, 3.63) is 35.4 Å². The Hall–Kier alpha value is -1.00. The lowest BCUT2D eigenvalue weighted by molar-refractivity contribution is 0.0103. The number of benzene rings is 1. The van der Waals surface area contributed by atoms with Crippen molar-refractivity contribution in [1.29, 1.82) is 0 Å². The van der Waals surface area contributed by atoms with Crippen LogP contribution in [0.5, 0.6) is 0 Å². The molecule has 1 aliphatic heterocycles. The van der Waals surface area contributed by atoms with E-state index in [0.29, 0.717) is 12.1 Å². The summed E-state index contributed by atoms with van der Waals surface area (Å²) < 4.78 is 26.8. The monoisotopic (exact) mass is 296 g/mol. The van der Waals surface area contributed by atoms with Crippen LogP contribution >= 0.6 is 0 Å². The van der Waals surface area contributed by atoms with Crippen LogP contribution in [0.2, 0.25) is 0 Å². The van der Waals surface area contributed by atoms with Crippen molar-refractivity contribution < 1.29 is 8.78 Å². The maximum atomic E-state index is 13.4. The van der Waals surface area contributed by atoms with Gasteiger partial charge in [0.25, 0.3) is 0 Å². The molecule has 0 amide bonds. The van der Waals surface area contributed by atoms with E-state index in [9.17, 15) is 8.78 Å². The van der Waals surface area contributed by atoms with Gasteiger partial charge < -0.3 is 5.32 Å². The fourth-order valence-electron chi connectivity index (χ4n) is 2.94. The van der Waals surface area contributed by atoms with Crippen LogP contribution in [0.3, 0.4) is 0 Å². The molecule has 4 heteroatoms. The molecule has 0 aliphatic carbocycles. The van der Waals surface area contributed by atoms with E-state index in [-0.39, 0.29) is 11.1 Å². The molecular weight excluding hydrogens is 270 g/mol. The van der Waals surface area contributed by atoms with E-state index in [4.69, 9.17) is 0 Å². The first-order valence-electron chi connectivity index (χ1n) is 7.75. The highest BCUT2D eigenvalue weighted by atomic mass is 19.1. The summed E-state index contributed by atoms with van der Waals surface area (Å²) in [6.45, 7) is 11.1. The fraction of sp³-hybridized carbons (Fsp3) is 0.647. The van der Waals surface area contributed by atoms with Crippen molar-refractivity contribution in [2.24, 2.45) is 0 Å². The van der Waals surface area contributed by atoms with E-state index in [1.165, 1.54) is 12.1 Å². The van der Waals surface area contributed by atoms with E-state index < -0.39 is 11.6 Å². The number of piperazine rings is 1. The summed E-state index contributed by atoms with van der Waals surface area (Å²) in [7, 11) is 0. The number of nitrogens with zero attached hydrogens (tertiary/aromatic N) is 1. The van der Waals surface area contributed by atoms with Crippen molar-refractivity contribution in [3.8, 4) is 0 Å². The molecule has 1 N–H and O–H groups in total. The topological polar surface area (TPSA) is 15.3 Å². The van der Waals surface area contributed by atoms with Gasteiger partial charge in [0.1, 0.15) is 11.6 Å². The Kier molecular flexibility index (Phi) is 4.69. The van der Waals surface area contributed by atoms with E-state index >= 15 is 0 Å². The van der Waals surface area contributed by atoms with Crippen LogP contribution in [0.25, 0.3) is 0 Å². The Balaban J connectivity index is 2.24. The summed E-state index contributed by atoms with van der Waals surface area (Å²) in [4.78, 5) is 2.36. The zero-order chi connectivity index (χ0) is 15.7. The third-order valence-corrected chi connectivity index (χ3v) is 5.04. The molecule has 118 valence electrons. The largest absolute Gasteiger partial charge is 0.308 e. The molecule has 0 bridgehead atoms. The second-order valence-electron chi connectivity index (χ2n) is 6.75. The lowest BCUT2D eigenvalue weighted by atomic mass is 9.85. The highest BCUT2D eigenvalue weighted by Gasteiger charge is 2.40. The van der Waals surface area contributed by atoms with E-state index in [1.807, 2.05) is 0 Å². The van der Waals surface area contributed by atoms with Crippen molar-refractivity contribution >= 4 is 0 Å². The van der Waals surface area contributed by atoms with Crippen LogP contribution < -0.4 is 5.32 Å². The van der Waals surface area contributed by atoms with Gasteiger partial charge >= 0.3 is 0 Å². The SMILES string of the molecule is CCC1(C)CN(Cc2cc(F)cc(F)c2)C(C)(CC)CN1. The average molecular weight is 296 g/mol. The van der Waals surface area contributed by atoms with Gasteiger partial charge in [-0.2, -0.15) is 0 Å². The van der Waals surface area contributed by atoms with Gasteiger partial charge in [-0.05, 0) is 44.4 Å². The zero-order valence-electron chi connectivity index (χ0n) is 13.5. The molecule has 21 heavy (non-hydrogen) atoms. The molecule has 1 aromatic rings. The number of hydrogen-bond donors (Lipinski definition) is 1. The number of nitrogens with one attached hydrogen (secondary N) is 1. The smallest absolute Gasteiger partial charge is 0.126 e. The van der Waals surface area contributed by atoms with Crippen LogP contribution in [-0.2, 0) is 6.54 Å². The third kappa shape index (κ3) is 3.61. The predicted molar refractivity (Wildman–Crippen MR) is 82.2 cm³/mol. The maximum absolute atomic E-state index is 13.4. The molecule has 2 atom stereocenters. The molecule has 0 aromatic heterocycles. The van der Waals surface area contributed by atoms with Gasteiger partial charge in [-0.15, -0.1) is 0 Å². The van der Waals surface area contributed by atoms with Gasteiger partial charge in [-0.25, -0.2) is 8.78 Å². The van der Waals surface area contributed by atoms with Crippen molar-refractivity contribution in [2.45, 2.75) is 58.2 Å². The lowest BCUT2D eigenvalue weighted by Gasteiger charge is -2.52. The van der Waals surface area contributed by atoms with Crippen molar-refractivity contribution in [2.75, 3.05) is 13.1 Å². The fourth-order valence-corrected chi connectivity index (χ4v) is 2.94. The van der Waals surface area contributed by atoms with Crippen LogP contribution in [0.15, 0.2) is 18.2 Å². The second-order valence-corrected chi connectivity index (χ2v) is 6.75. The Morgan fingerprint density at radius 3 is 2.24 bits per heavy atom.